The fourth-order valence-electron chi connectivity index (χ4n) is 2.97. The van der Waals surface area contributed by atoms with Gasteiger partial charge in [-0.05, 0) is 43.0 Å². The van der Waals surface area contributed by atoms with E-state index in [-0.39, 0.29) is 30.6 Å². The number of aromatic nitrogens is 1. The first-order valence-corrected chi connectivity index (χ1v) is 8.15. The third kappa shape index (κ3) is 3.01. The molecule has 0 aliphatic heterocycles. The van der Waals surface area contributed by atoms with Gasteiger partial charge in [0.1, 0.15) is 0 Å². The number of halogens is 2. The van der Waals surface area contributed by atoms with E-state index >= 15 is 4.39 Å². The molecule has 2 atom stereocenters. The van der Waals surface area contributed by atoms with Crippen molar-refractivity contribution in [3.8, 4) is 0 Å². The van der Waals surface area contributed by atoms with Crippen LogP contribution in [0.25, 0.3) is 0 Å². The molecule has 2 aromatic rings. The second-order valence-electron chi connectivity index (χ2n) is 6.07. The highest BCUT2D eigenvalue weighted by molar-refractivity contribution is 6.31. The number of hydrogen-bond acceptors (Lipinski definition) is 3. The van der Waals surface area contributed by atoms with Gasteiger partial charge in [-0.3, -0.25) is 9.78 Å². The van der Waals surface area contributed by atoms with Crippen molar-refractivity contribution in [1.29, 1.82) is 0 Å². The predicted octanol–water partition coefficient (Wildman–Crippen LogP) is 3.35. The van der Waals surface area contributed by atoms with Crippen LogP contribution in [-0.4, -0.2) is 16.0 Å². The number of carbonyl (C=O) groups is 1. The molecule has 0 spiro atoms. The number of hydrogen-bond donors (Lipinski definition) is 2. The first-order chi connectivity index (χ1) is 11.4. The predicted molar refractivity (Wildman–Crippen MR) is 89.3 cm³/mol. The second-order valence-corrected chi connectivity index (χ2v) is 6.48. The lowest BCUT2D eigenvalue weighted by atomic mass is 9.81. The van der Waals surface area contributed by atoms with Crippen LogP contribution in [0.2, 0.25) is 5.02 Å². The van der Waals surface area contributed by atoms with Crippen molar-refractivity contribution in [3.05, 3.63) is 63.9 Å². The Bertz CT molecular complexity index is 783. The van der Waals surface area contributed by atoms with Crippen molar-refractivity contribution in [2.75, 3.05) is 0 Å². The zero-order chi connectivity index (χ0) is 17.3. The van der Waals surface area contributed by atoms with Gasteiger partial charge in [-0.2, -0.15) is 0 Å². The van der Waals surface area contributed by atoms with E-state index in [1.807, 2.05) is 19.1 Å². The number of benzene rings is 1. The molecule has 2 N–H and O–H groups in total. The number of amides is 1. The molecule has 0 bridgehead atoms. The molecule has 1 aliphatic rings. The molecule has 0 radical (unpaired) electrons. The summed E-state index contributed by atoms with van der Waals surface area (Å²) < 4.78 is 15.4. The van der Waals surface area contributed by atoms with E-state index in [9.17, 15) is 9.90 Å². The normalized spacial score (nSPS) is 22.8. The van der Waals surface area contributed by atoms with Gasteiger partial charge in [0.2, 0.25) is 5.67 Å². The number of aliphatic hydroxyl groups is 1. The minimum Gasteiger partial charge on any atom is -0.387 e. The van der Waals surface area contributed by atoms with E-state index in [1.165, 1.54) is 12.3 Å². The molecule has 3 rings (SSSR count). The van der Waals surface area contributed by atoms with Crippen LogP contribution in [0, 0.1) is 6.92 Å². The highest BCUT2D eigenvalue weighted by atomic mass is 35.5. The van der Waals surface area contributed by atoms with Gasteiger partial charge in [-0.15, -0.1) is 0 Å². The first-order valence-electron chi connectivity index (χ1n) is 7.77. The van der Waals surface area contributed by atoms with E-state index in [1.54, 1.807) is 12.1 Å². The third-order valence-corrected chi connectivity index (χ3v) is 4.70. The van der Waals surface area contributed by atoms with Crippen molar-refractivity contribution < 1.29 is 14.3 Å². The fraction of sp³-hybridized carbons (Fsp3) is 0.333. The fourth-order valence-corrected chi connectivity index (χ4v) is 3.27. The smallest absolute Gasteiger partial charge is 0.262 e. The van der Waals surface area contributed by atoms with Crippen LogP contribution in [0.5, 0.6) is 0 Å². The summed E-state index contributed by atoms with van der Waals surface area (Å²) >= 11 is 6.15. The summed E-state index contributed by atoms with van der Waals surface area (Å²) in [6, 6.07) is 8.56. The molecule has 1 amide bonds. The zero-order valence-corrected chi connectivity index (χ0v) is 14.0. The van der Waals surface area contributed by atoms with Crippen molar-refractivity contribution >= 4 is 17.5 Å². The summed E-state index contributed by atoms with van der Waals surface area (Å²) in [5.74, 6) is -0.736. The summed E-state index contributed by atoms with van der Waals surface area (Å²) in [4.78, 5) is 16.5. The molecule has 0 saturated heterocycles. The molecular formula is C18H18ClFN2O2. The van der Waals surface area contributed by atoms with E-state index in [0.717, 1.165) is 11.1 Å². The summed E-state index contributed by atoms with van der Waals surface area (Å²) in [5.41, 5.74) is -0.0919. The molecule has 0 fully saturated rings. The lowest BCUT2D eigenvalue weighted by Gasteiger charge is -2.32. The van der Waals surface area contributed by atoms with Crippen LogP contribution in [-0.2, 0) is 17.0 Å². The monoisotopic (exact) mass is 348 g/mol. The number of aliphatic hydroxyl groups excluding tert-OH is 1. The Hall–Kier alpha value is -1.98. The molecular weight excluding hydrogens is 331 g/mol. The van der Waals surface area contributed by atoms with Crippen LogP contribution in [0.15, 0.2) is 36.5 Å². The summed E-state index contributed by atoms with van der Waals surface area (Å²) in [6.45, 7) is 2.06. The van der Waals surface area contributed by atoms with Crippen molar-refractivity contribution in [3.63, 3.8) is 0 Å². The maximum absolute atomic E-state index is 15.4. The summed E-state index contributed by atoms with van der Waals surface area (Å²) in [7, 11) is 0. The second kappa shape index (κ2) is 6.49. The number of rotatable bonds is 3. The van der Waals surface area contributed by atoms with Gasteiger partial charge in [0, 0.05) is 23.3 Å². The number of nitrogens with one attached hydrogen (secondary N) is 1. The highest BCUT2D eigenvalue weighted by Gasteiger charge is 2.46. The Labute approximate surface area is 144 Å². The van der Waals surface area contributed by atoms with Gasteiger partial charge in [0.25, 0.3) is 5.91 Å². The average molecular weight is 349 g/mol. The van der Waals surface area contributed by atoms with Crippen molar-refractivity contribution in [2.45, 2.75) is 38.1 Å². The maximum atomic E-state index is 15.4. The molecule has 0 unspecified atom stereocenters. The Morgan fingerprint density at radius 2 is 2.29 bits per heavy atom. The van der Waals surface area contributed by atoms with Crippen molar-refractivity contribution in [1.82, 2.24) is 10.3 Å². The van der Waals surface area contributed by atoms with E-state index in [0.29, 0.717) is 5.02 Å². The van der Waals surface area contributed by atoms with Crippen LogP contribution < -0.4 is 5.32 Å². The van der Waals surface area contributed by atoms with Gasteiger partial charge < -0.3 is 10.4 Å². The average Bonchev–Trinajstić information content (AvgIpc) is 2.57. The largest absolute Gasteiger partial charge is 0.387 e. The van der Waals surface area contributed by atoms with E-state index < -0.39 is 17.7 Å². The maximum Gasteiger partial charge on any atom is 0.262 e. The summed E-state index contributed by atoms with van der Waals surface area (Å²) in [5, 5.41) is 13.1. The number of pyridine rings is 1. The standard InChI is InChI=1S/C18H18ClFN2O2/c1-11-4-5-12(14(19)9-11)10-22-17(24)18(20)7-6-15(23)16-13(18)3-2-8-21-16/h2-5,8-9,15,23H,6-7,10H2,1H3,(H,22,24)/t15-,18-/m0/s1. The first kappa shape index (κ1) is 16.9. The number of aryl methyl sites for hydroxylation is 1. The van der Waals surface area contributed by atoms with Crippen LogP contribution in [0.1, 0.15) is 41.3 Å². The van der Waals surface area contributed by atoms with E-state index in [4.69, 9.17) is 11.6 Å². The lowest BCUT2D eigenvalue weighted by Crippen LogP contribution is -2.44. The number of nitrogens with zero attached hydrogens (tertiary/aromatic N) is 1. The van der Waals surface area contributed by atoms with E-state index in [2.05, 4.69) is 10.3 Å². The number of alkyl halides is 1. The topological polar surface area (TPSA) is 62.2 Å². The van der Waals surface area contributed by atoms with Gasteiger partial charge in [-0.1, -0.05) is 29.8 Å². The number of carbonyl (C=O) groups excluding carboxylic acids is 1. The third-order valence-electron chi connectivity index (χ3n) is 4.35. The SMILES string of the molecule is Cc1ccc(CNC(=O)[C@]2(F)CC[C@H](O)c3ncccc32)c(Cl)c1. The summed E-state index contributed by atoms with van der Waals surface area (Å²) in [6.07, 6.45) is 0.710. The Balaban J connectivity index is 1.81. The van der Waals surface area contributed by atoms with Crippen LogP contribution in [0.3, 0.4) is 0 Å². The van der Waals surface area contributed by atoms with Gasteiger partial charge in [-0.25, -0.2) is 4.39 Å². The zero-order valence-electron chi connectivity index (χ0n) is 13.2. The Morgan fingerprint density at radius 1 is 1.50 bits per heavy atom. The minimum atomic E-state index is -2.19. The van der Waals surface area contributed by atoms with Gasteiger partial charge >= 0.3 is 0 Å². The molecule has 1 aromatic carbocycles. The number of fused-ring (bicyclic) bond motifs is 1. The molecule has 6 heteroatoms. The van der Waals surface area contributed by atoms with Crippen molar-refractivity contribution in [2.24, 2.45) is 0 Å². The minimum absolute atomic E-state index is 0.0830. The molecule has 24 heavy (non-hydrogen) atoms. The Kier molecular flexibility index (Phi) is 4.56. The Morgan fingerprint density at radius 3 is 3.04 bits per heavy atom. The molecule has 126 valence electrons. The molecule has 1 heterocycles. The van der Waals surface area contributed by atoms with Crippen LogP contribution in [0.4, 0.5) is 4.39 Å². The quantitative estimate of drug-likeness (QED) is 0.894. The molecule has 0 saturated carbocycles. The van der Waals surface area contributed by atoms with Crippen LogP contribution >= 0.6 is 11.6 Å². The molecule has 4 nitrogen and oxygen atoms in total. The van der Waals surface area contributed by atoms with Gasteiger partial charge in [0.15, 0.2) is 0 Å². The molecule has 1 aromatic heterocycles. The van der Waals surface area contributed by atoms with Gasteiger partial charge in [0.05, 0.1) is 11.8 Å². The molecule has 1 aliphatic carbocycles. The lowest BCUT2D eigenvalue weighted by molar-refractivity contribution is -0.135. The highest BCUT2D eigenvalue weighted by Crippen LogP contribution is 2.42.